The number of benzene rings is 2. The van der Waals surface area contributed by atoms with Crippen LogP contribution in [-0.2, 0) is 9.13 Å². The van der Waals surface area contributed by atoms with Crippen molar-refractivity contribution in [3.63, 3.8) is 0 Å². The largest absolute Gasteiger partial charge is 0.647 e. The van der Waals surface area contributed by atoms with E-state index in [1.807, 2.05) is 0 Å². The van der Waals surface area contributed by atoms with Crippen molar-refractivity contribution in [3.8, 4) is 51.7 Å². The number of fused-ring (bicyclic) bond motifs is 10. The summed E-state index contributed by atoms with van der Waals surface area (Å²) in [5, 5.41) is 10.2. The molecule has 1 aromatic carbocycles. The van der Waals surface area contributed by atoms with Crippen molar-refractivity contribution in [2.24, 2.45) is 0 Å². The van der Waals surface area contributed by atoms with Gasteiger partial charge < -0.3 is 36.7 Å². The zero-order valence-corrected chi connectivity index (χ0v) is 13.7. The summed E-state index contributed by atoms with van der Waals surface area (Å²) in [4.78, 5) is 16.6. The molecule has 14 heteroatoms. The first-order valence-electron chi connectivity index (χ1n) is 6.97. The van der Waals surface area contributed by atoms with Crippen LogP contribution in [-0.4, -0.2) is 10.1 Å². The van der Waals surface area contributed by atoms with Gasteiger partial charge in [-0.05, 0) is 0 Å². The molecule has 2 unspecified atom stereocenters. The third-order valence-electron chi connectivity index (χ3n) is 4.17. The number of phosphoric acid groups is 2. The molecule has 7 rings (SSSR count). The number of phosphoric ester groups is 2. The standard InChI is InChI=1S/C12HNO11P2/c14-3-9-5-1(7-11(3)23-25(16,19-7)21-9)13-2-6(18-5)10-4(15)12-8(2)20-26(17,22-10)24-12/h14H. The first-order chi connectivity index (χ1) is 12.4. The van der Waals surface area contributed by atoms with Gasteiger partial charge in [0.1, 0.15) is 0 Å². The molecule has 6 bridgehead atoms. The molecule has 26 heavy (non-hydrogen) atoms. The summed E-state index contributed by atoms with van der Waals surface area (Å²) in [5.74, 6) is -2.26. The minimum absolute atomic E-state index is 0.00504. The van der Waals surface area contributed by atoms with Gasteiger partial charge in [0.2, 0.25) is 51.6 Å². The molecule has 1 aromatic rings. The Kier molecular flexibility index (Phi) is 1.73. The number of nitrogens with zero attached hydrogens (tertiary/aromatic N) is 1. The maximum Gasteiger partial charge on any atom is 0.647 e. The number of hydrogen-bond donors (Lipinski definition) is 1. The SMILES string of the molecule is O=c1c2c3oc4c5c(O)c6c(c4nc-3c3c1OP(=O)(O3)O2)OP(=O)(O6)O5. The van der Waals surface area contributed by atoms with Crippen LogP contribution in [0.25, 0.3) is 22.6 Å². The summed E-state index contributed by atoms with van der Waals surface area (Å²) in [6.45, 7) is 0. The fourth-order valence-electron chi connectivity index (χ4n) is 3.16. The van der Waals surface area contributed by atoms with E-state index in [-0.39, 0.29) is 51.3 Å². The monoisotopic (exact) mass is 397 g/mol. The highest BCUT2D eigenvalue weighted by Crippen LogP contribution is 2.72. The molecular formula is C12HNO11P2. The minimum atomic E-state index is -4.01. The van der Waals surface area contributed by atoms with E-state index in [4.69, 9.17) is 31.6 Å². The number of phenols is 1. The van der Waals surface area contributed by atoms with Crippen molar-refractivity contribution >= 4 is 26.7 Å². The van der Waals surface area contributed by atoms with Crippen LogP contribution < -0.4 is 32.6 Å². The Morgan fingerprint density at radius 1 is 0.769 bits per heavy atom. The molecule has 0 radical (unpaired) electrons. The second kappa shape index (κ2) is 3.42. The lowest BCUT2D eigenvalue weighted by Crippen LogP contribution is -2.15. The lowest BCUT2D eigenvalue weighted by molar-refractivity contribution is 0.304. The number of phenolic OH excluding ortho intramolecular Hbond substituents is 1. The van der Waals surface area contributed by atoms with Crippen molar-refractivity contribution in [2.75, 3.05) is 0 Å². The maximum absolute atomic E-state index is 12.3. The summed E-state index contributed by atoms with van der Waals surface area (Å²) < 4.78 is 60.5. The molecule has 0 aromatic heterocycles. The second-order valence-electron chi connectivity index (χ2n) is 5.66. The number of rotatable bonds is 0. The Hall–Kier alpha value is -3.10. The van der Waals surface area contributed by atoms with E-state index in [1.165, 1.54) is 0 Å². The molecule has 0 saturated carbocycles. The van der Waals surface area contributed by atoms with Gasteiger partial charge in [0.15, 0.2) is 11.2 Å². The predicted octanol–water partition coefficient (Wildman–Crippen LogP) is 2.54. The molecule has 5 aliphatic heterocycles. The summed E-state index contributed by atoms with van der Waals surface area (Å²) in [7, 11) is -7.99. The van der Waals surface area contributed by atoms with Gasteiger partial charge in [-0.3, -0.25) is 4.79 Å². The first kappa shape index (κ1) is 13.2. The maximum atomic E-state index is 12.3. The van der Waals surface area contributed by atoms with Crippen molar-refractivity contribution in [3.05, 3.63) is 10.2 Å². The molecule has 1 N–H and O–H groups in total. The average Bonchev–Trinajstić information content (AvgIpc) is 2.98. The average molecular weight is 397 g/mol. The summed E-state index contributed by atoms with van der Waals surface area (Å²) in [5.41, 5.74) is -0.911. The molecule has 6 aliphatic rings. The van der Waals surface area contributed by atoms with Crippen molar-refractivity contribution in [2.45, 2.75) is 0 Å². The van der Waals surface area contributed by atoms with Crippen LogP contribution >= 0.6 is 15.6 Å². The Morgan fingerprint density at radius 3 is 2.19 bits per heavy atom. The highest BCUT2D eigenvalue weighted by molar-refractivity contribution is 7.50. The molecule has 5 heterocycles. The van der Waals surface area contributed by atoms with E-state index >= 15 is 0 Å². The number of hydrogen-bond acceptors (Lipinski definition) is 12. The van der Waals surface area contributed by atoms with Gasteiger partial charge >= 0.3 is 15.6 Å². The quantitative estimate of drug-likeness (QED) is 0.438. The van der Waals surface area contributed by atoms with E-state index in [9.17, 15) is 19.0 Å². The predicted molar refractivity (Wildman–Crippen MR) is 77.5 cm³/mol. The highest BCUT2D eigenvalue weighted by atomic mass is 31.2. The molecular weight excluding hydrogens is 396 g/mol. The van der Waals surface area contributed by atoms with Gasteiger partial charge in [0.25, 0.3) is 5.43 Å². The van der Waals surface area contributed by atoms with Gasteiger partial charge in [-0.1, -0.05) is 0 Å². The topological polar surface area (TPSA) is 153 Å². The fraction of sp³-hybridized carbons (Fsp3) is 0. The van der Waals surface area contributed by atoms with E-state index in [0.717, 1.165) is 0 Å². The van der Waals surface area contributed by atoms with Crippen LogP contribution in [0.1, 0.15) is 0 Å². The van der Waals surface area contributed by atoms with Crippen LogP contribution in [0.5, 0.6) is 40.2 Å². The second-order valence-corrected chi connectivity index (χ2v) is 8.55. The van der Waals surface area contributed by atoms with Crippen LogP contribution in [0.4, 0.5) is 0 Å². The van der Waals surface area contributed by atoms with Gasteiger partial charge in [0, 0.05) is 0 Å². The Balaban J connectivity index is 1.73. The molecule has 2 atom stereocenters. The molecule has 0 fully saturated rings. The zero-order chi connectivity index (χ0) is 17.6. The third-order valence-corrected chi connectivity index (χ3v) is 6.61. The first-order valence-corrected chi connectivity index (χ1v) is 9.89. The molecule has 0 saturated heterocycles. The van der Waals surface area contributed by atoms with E-state index in [2.05, 4.69) is 4.98 Å². The molecule has 1 aliphatic carbocycles. The Labute approximate surface area is 140 Å². The Bertz CT molecular complexity index is 1390. The number of aromatic nitrogens is 1. The summed E-state index contributed by atoms with van der Waals surface area (Å²) in [6.07, 6.45) is 0. The van der Waals surface area contributed by atoms with Gasteiger partial charge in [0.05, 0.1) is 0 Å². The minimum Gasteiger partial charge on any atom is -0.501 e. The molecule has 0 amide bonds. The van der Waals surface area contributed by atoms with Gasteiger partial charge in [-0.15, -0.1) is 0 Å². The van der Waals surface area contributed by atoms with Crippen LogP contribution in [0.3, 0.4) is 0 Å². The molecule has 0 spiro atoms. The van der Waals surface area contributed by atoms with Crippen LogP contribution in [0, 0.1) is 0 Å². The van der Waals surface area contributed by atoms with Crippen LogP contribution in [0.2, 0.25) is 0 Å². The third kappa shape index (κ3) is 1.20. The van der Waals surface area contributed by atoms with Gasteiger partial charge in [-0.2, -0.15) is 9.13 Å². The lowest BCUT2D eigenvalue weighted by Gasteiger charge is -2.17. The zero-order valence-electron chi connectivity index (χ0n) is 11.9. The molecule has 130 valence electrons. The fourth-order valence-corrected chi connectivity index (χ4v) is 5.73. The Morgan fingerprint density at radius 2 is 1.38 bits per heavy atom. The van der Waals surface area contributed by atoms with Crippen molar-refractivity contribution in [1.82, 2.24) is 4.98 Å². The van der Waals surface area contributed by atoms with E-state index < -0.39 is 32.6 Å². The highest BCUT2D eigenvalue weighted by Gasteiger charge is 2.55. The van der Waals surface area contributed by atoms with E-state index in [0.29, 0.717) is 0 Å². The molecule has 12 nitrogen and oxygen atoms in total. The normalized spacial score (nSPS) is 27.7. The smallest absolute Gasteiger partial charge is 0.501 e. The lowest BCUT2D eigenvalue weighted by atomic mass is 10.1. The van der Waals surface area contributed by atoms with Crippen molar-refractivity contribution < 1.29 is 45.8 Å². The summed E-state index contributed by atoms with van der Waals surface area (Å²) in [6, 6.07) is 0. The van der Waals surface area contributed by atoms with E-state index in [1.54, 1.807) is 0 Å². The number of aromatic hydroxyl groups is 1. The summed E-state index contributed by atoms with van der Waals surface area (Å²) >= 11 is 0. The van der Waals surface area contributed by atoms with Gasteiger partial charge in [-0.25, -0.2) is 4.98 Å². The van der Waals surface area contributed by atoms with Crippen molar-refractivity contribution in [1.29, 1.82) is 0 Å². The van der Waals surface area contributed by atoms with Crippen LogP contribution in [0.15, 0.2) is 9.21 Å².